The van der Waals surface area contributed by atoms with Crippen molar-refractivity contribution in [2.75, 3.05) is 51.6 Å². The fourth-order valence-electron chi connectivity index (χ4n) is 4.29. The third kappa shape index (κ3) is 7.20. The number of amides is 1. The van der Waals surface area contributed by atoms with Gasteiger partial charge in [-0.2, -0.15) is 0 Å². The van der Waals surface area contributed by atoms with E-state index in [0.29, 0.717) is 5.92 Å². The van der Waals surface area contributed by atoms with E-state index in [4.69, 9.17) is 10.7 Å². The first kappa shape index (κ1) is 22.9. The van der Waals surface area contributed by atoms with Gasteiger partial charge in [0.05, 0.1) is 5.92 Å². The van der Waals surface area contributed by atoms with E-state index in [1.165, 1.54) is 11.3 Å². The van der Waals surface area contributed by atoms with Gasteiger partial charge in [0, 0.05) is 43.4 Å². The lowest BCUT2D eigenvalue weighted by molar-refractivity contribution is -0.123. The van der Waals surface area contributed by atoms with Crippen LogP contribution >= 0.6 is 11.8 Å². The lowest BCUT2D eigenvalue weighted by Crippen LogP contribution is -2.42. The van der Waals surface area contributed by atoms with Gasteiger partial charge >= 0.3 is 0 Å². The fraction of sp³-hybridized carbons (Fsp3) is 0.652. The molecule has 0 spiro atoms. The van der Waals surface area contributed by atoms with E-state index in [-0.39, 0.29) is 11.8 Å². The minimum atomic E-state index is -0.152. The van der Waals surface area contributed by atoms with Crippen LogP contribution in [0.1, 0.15) is 32.6 Å². The number of aliphatic imine (C=N–C) groups is 1. The zero-order valence-electron chi connectivity index (χ0n) is 18.3. The molecule has 6 nitrogen and oxygen atoms in total. The number of hydrogen-bond donors (Lipinski definition) is 2. The minimum absolute atomic E-state index is 0.0230. The number of likely N-dealkylation sites (tertiary alicyclic amines) is 2. The molecule has 0 radical (unpaired) electrons. The van der Waals surface area contributed by atoms with E-state index in [1.54, 1.807) is 0 Å². The summed E-state index contributed by atoms with van der Waals surface area (Å²) in [7, 11) is 0. The number of carbonyl (C=O) groups is 1. The van der Waals surface area contributed by atoms with Crippen LogP contribution in [0.4, 0.5) is 0 Å². The molecule has 2 saturated heterocycles. The van der Waals surface area contributed by atoms with Gasteiger partial charge in [-0.3, -0.25) is 9.79 Å². The molecule has 1 aromatic rings. The van der Waals surface area contributed by atoms with Crippen LogP contribution in [0.25, 0.3) is 0 Å². The summed E-state index contributed by atoms with van der Waals surface area (Å²) in [5.74, 6) is 2.79. The first-order valence-electron chi connectivity index (χ1n) is 11.4. The number of piperidine rings is 1. The standard InChI is InChI=1S/C23H37N5OS/c1-2-25-23(26-12-7-14-27-13-6-8-20(17-27)22(24)29)28-15-11-19(16-28)18-30-21-9-4-3-5-10-21/h3-5,9-10,19-20H,2,6-8,11-18H2,1H3,(H2,24,29)(H,25,26). The molecular formula is C23H37N5OS. The van der Waals surface area contributed by atoms with Crippen molar-refractivity contribution in [2.24, 2.45) is 22.6 Å². The number of nitrogens with two attached hydrogens (primary N) is 1. The van der Waals surface area contributed by atoms with Crippen molar-refractivity contribution in [3.05, 3.63) is 30.3 Å². The van der Waals surface area contributed by atoms with Crippen molar-refractivity contribution in [1.29, 1.82) is 0 Å². The highest BCUT2D eigenvalue weighted by Crippen LogP contribution is 2.26. The number of thioether (sulfide) groups is 1. The van der Waals surface area contributed by atoms with Gasteiger partial charge < -0.3 is 20.9 Å². The number of guanidine groups is 1. The predicted octanol–water partition coefficient (Wildman–Crippen LogP) is 2.65. The summed E-state index contributed by atoms with van der Waals surface area (Å²) in [5.41, 5.74) is 5.49. The average Bonchev–Trinajstić information content (AvgIpc) is 3.24. The molecule has 0 aromatic heterocycles. The predicted molar refractivity (Wildman–Crippen MR) is 126 cm³/mol. The van der Waals surface area contributed by atoms with Crippen LogP contribution in [0.2, 0.25) is 0 Å². The van der Waals surface area contributed by atoms with Crippen molar-refractivity contribution >= 4 is 23.6 Å². The third-order valence-electron chi connectivity index (χ3n) is 5.95. The van der Waals surface area contributed by atoms with E-state index >= 15 is 0 Å². The molecule has 3 rings (SSSR count). The molecule has 7 heteroatoms. The van der Waals surface area contributed by atoms with E-state index < -0.39 is 0 Å². The topological polar surface area (TPSA) is 74.0 Å². The second-order valence-electron chi connectivity index (χ2n) is 8.36. The second kappa shape index (κ2) is 12.2. The third-order valence-corrected chi connectivity index (χ3v) is 7.19. The van der Waals surface area contributed by atoms with E-state index in [9.17, 15) is 4.79 Å². The maximum atomic E-state index is 11.5. The highest BCUT2D eigenvalue weighted by molar-refractivity contribution is 7.99. The normalized spacial score (nSPS) is 23.0. The smallest absolute Gasteiger partial charge is 0.221 e. The van der Waals surface area contributed by atoms with Gasteiger partial charge in [-0.1, -0.05) is 18.2 Å². The van der Waals surface area contributed by atoms with Crippen LogP contribution in [0.3, 0.4) is 0 Å². The molecular weight excluding hydrogens is 394 g/mol. The average molecular weight is 432 g/mol. The van der Waals surface area contributed by atoms with Crippen LogP contribution < -0.4 is 11.1 Å². The largest absolute Gasteiger partial charge is 0.369 e. The number of primary amides is 1. The number of rotatable bonds is 9. The summed E-state index contributed by atoms with van der Waals surface area (Å²) in [4.78, 5) is 22.5. The summed E-state index contributed by atoms with van der Waals surface area (Å²) in [6, 6.07) is 10.7. The quantitative estimate of drug-likeness (QED) is 0.272. The van der Waals surface area contributed by atoms with Gasteiger partial charge in [-0.25, -0.2) is 0 Å². The summed E-state index contributed by atoms with van der Waals surface area (Å²) < 4.78 is 0. The van der Waals surface area contributed by atoms with E-state index in [1.807, 2.05) is 11.8 Å². The number of nitrogens with one attached hydrogen (secondary N) is 1. The summed E-state index contributed by atoms with van der Waals surface area (Å²) in [6.07, 6.45) is 4.25. The summed E-state index contributed by atoms with van der Waals surface area (Å²) in [6.45, 7) is 8.88. The molecule has 1 aromatic carbocycles. The van der Waals surface area contributed by atoms with Crippen LogP contribution in [-0.2, 0) is 4.79 Å². The summed E-state index contributed by atoms with van der Waals surface area (Å²) >= 11 is 1.96. The molecule has 0 aliphatic carbocycles. The fourth-order valence-corrected chi connectivity index (χ4v) is 5.34. The van der Waals surface area contributed by atoms with E-state index in [2.05, 4.69) is 52.4 Å². The Bertz CT molecular complexity index is 683. The molecule has 2 heterocycles. The molecule has 2 unspecified atom stereocenters. The van der Waals surface area contributed by atoms with Crippen LogP contribution in [0, 0.1) is 11.8 Å². The Morgan fingerprint density at radius 1 is 1.23 bits per heavy atom. The molecule has 2 aliphatic heterocycles. The maximum Gasteiger partial charge on any atom is 0.221 e. The molecule has 2 aliphatic rings. The van der Waals surface area contributed by atoms with Crippen molar-refractivity contribution in [3.8, 4) is 0 Å². The molecule has 30 heavy (non-hydrogen) atoms. The molecule has 1 amide bonds. The second-order valence-corrected chi connectivity index (χ2v) is 9.45. The molecule has 166 valence electrons. The first-order valence-corrected chi connectivity index (χ1v) is 12.4. The number of hydrogen-bond acceptors (Lipinski definition) is 4. The maximum absolute atomic E-state index is 11.5. The first-order chi connectivity index (χ1) is 14.7. The molecule has 0 bridgehead atoms. The number of carbonyl (C=O) groups excluding carboxylic acids is 1. The lowest BCUT2D eigenvalue weighted by atomic mass is 9.97. The van der Waals surface area contributed by atoms with E-state index in [0.717, 1.165) is 76.8 Å². The minimum Gasteiger partial charge on any atom is -0.369 e. The van der Waals surface area contributed by atoms with Gasteiger partial charge in [0.15, 0.2) is 5.96 Å². The Hall–Kier alpha value is -1.73. The molecule has 2 fully saturated rings. The van der Waals surface area contributed by atoms with Crippen LogP contribution in [0.15, 0.2) is 40.2 Å². The van der Waals surface area contributed by atoms with Gasteiger partial charge in [-0.15, -0.1) is 11.8 Å². The Kier molecular flexibility index (Phi) is 9.33. The highest BCUT2D eigenvalue weighted by atomic mass is 32.2. The Morgan fingerprint density at radius 2 is 2.07 bits per heavy atom. The van der Waals surface area contributed by atoms with Crippen molar-refractivity contribution in [1.82, 2.24) is 15.1 Å². The van der Waals surface area contributed by atoms with Crippen molar-refractivity contribution < 1.29 is 4.79 Å². The van der Waals surface area contributed by atoms with Gasteiger partial charge in [0.25, 0.3) is 0 Å². The zero-order chi connectivity index (χ0) is 21.2. The lowest BCUT2D eigenvalue weighted by Gasteiger charge is -2.30. The van der Waals surface area contributed by atoms with Crippen molar-refractivity contribution in [2.45, 2.75) is 37.5 Å². The Labute approximate surface area is 185 Å². The Morgan fingerprint density at radius 3 is 2.83 bits per heavy atom. The van der Waals surface area contributed by atoms with Gasteiger partial charge in [0.2, 0.25) is 5.91 Å². The SMILES string of the molecule is CCNC(=NCCCN1CCCC(C(N)=O)C1)N1CCC(CSc2ccccc2)C1. The summed E-state index contributed by atoms with van der Waals surface area (Å²) in [5, 5.41) is 3.47. The molecule has 0 saturated carbocycles. The van der Waals surface area contributed by atoms with Crippen molar-refractivity contribution in [3.63, 3.8) is 0 Å². The number of nitrogens with zero attached hydrogens (tertiary/aromatic N) is 3. The molecule has 3 N–H and O–H groups in total. The van der Waals surface area contributed by atoms with Crippen LogP contribution in [0.5, 0.6) is 0 Å². The monoisotopic (exact) mass is 431 g/mol. The molecule has 2 atom stereocenters. The van der Waals surface area contributed by atoms with Gasteiger partial charge in [0.1, 0.15) is 0 Å². The highest BCUT2D eigenvalue weighted by Gasteiger charge is 2.25. The Balaban J connectivity index is 1.41. The zero-order valence-corrected chi connectivity index (χ0v) is 19.1. The van der Waals surface area contributed by atoms with Crippen LogP contribution in [-0.4, -0.2) is 73.2 Å². The number of benzene rings is 1. The van der Waals surface area contributed by atoms with Gasteiger partial charge in [-0.05, 0) is 63.7 Å².